The quantitative estimate of drug-likeness (QED) is 0.720. The fourth-order valence-electron chi connectivity index (χ4n) is 1.74. The zero-order valence-corrected chi connectivity index (χ0v) is 11.0. The van der Waals surface area contributed by atoms with E-state index in [0.717, 1.165) is 24.9 Å². The molecule has 0 fully saturated rings. The molecule has 0 radical (unpaired) electrons. The lowest BCUT2D eigenvalue weighted by Crippen LogP contribution is -2.26. The van der Waals surface area contributed by atoms with Crippen molar-refractivity contribution in [2.75, 3.05) is 6.54 Å². The van der Waals surface area contributed by atoms with Crippen LogP contribution in [0.25, 0.3) is 0 Å². The Bertz CT molecular complexity index is 329. The predicted octanol–water partition coefficient (Wildman–Crippen LogP) is 3.10. The molecule has 0 spiro atoms. The van der Waals surface area contributed by atoms with Crippen molar-refractivity contribution in [2.24, 2.45) is 0 Å². The van der Waals surface area contributed by atoms with E-state index in [2.05, 4.69) is 31.3 Å². The Balaban J connectivity index is 2.29. The molecule has 2 heteroatoms. The smallest absolute Gasteiger partial charge is 0.224 e. The first-order chi connectivity index (χ1) is 8.26. The average Bonchev–Trinajstić information content (AvgIpc) is 2.36. The van der Waals surface area contributed by atoms with E-state index in [1.807, 2.05) is 12.1 Å². The van der Waals surface area contributed by atoms with Crippen LogP contribution >= 0.6 is 0 Å². The number of aryl methyl sites for hydroxylation is 1. The number of carbonyl (C=O) groups is 1. The molecule has 0 aromatic heterocycles. The minimum absolute atomic E-state index is 0.130. The van der Waals surface area contributed by atoms with Crippen LogP contribution in [0, 0.1) is 0 Å². The summed E-state index contributed by atoms with van der Waals surface area (Å²) in [6, 6.07) is 8.29. The summed E-state index contributed by atoms with van der Waals surface area (Å²) in [5.41, 5.74) is 2.41. The van der Waals surface area contributed by atoms with E-state index >= 15 is 0 Å². The minimum atomic E-state index is 0.130. The first-order valence-corrected chi connectivity index (χ1v) is 6.60. The van der Waals surface area contributed by atoms with Gasteiger partial charge in [-0.2, -0.15) is 0 Å². The van der Waals surface area contributed by atoms with Crippen LogP contribution in [0.2, 0.25) is 0 Å². The summed E-state index contributed by atoms with van der Waals surface area (Å²) < 4.78 is 0. The molecule has 0 aliphatic heterocycles. The highest BCUT2D eigenvalue weighted by molar-refractivity contribution is 5.78. The van der Waals surface area contributed by atoms with Gasteiger partial charge in [0.1, 0.15) is 0 Å². The number of nitrogens with one attached hydrogen (secondary N) is 1. The average molecular weight is 233 g/mol. The highest BCUT2D eigenvalue weighted by Crippen LogP contribution is 2.05. The Morgan fingerprint density at radius 3 is 2.29 bits per heavy atom. The lowest BCUT2D eigenvalue weighted by atomic mass is 10.1. The molecule has 94 valence electrons. The fraction of sp³-hybridized carbons (Fsp3) is 0.533. The molecule has 0 aliphatic carbocycles. The molecule has 1 rings (SSSR count). The maximum Gasteiger partial charge on any atom is 0.224 e. The van der Waals surface area contributed by atoms with Gasteiger partial charge in [0, 0.05) is 6.54 Å². The van der Waals surface area contributed by atoms with Crippen molar-refractivity contribution in [3.8, 4) is 0 Å². The summed E-state index contributed by atoms with van der Waals surface area (Å²) in [5, 5.41) is 2.96. The highest BCUT2D eigenvalue weighted by atomic mass is 16.1. The number of carbonyl (C=O) groups excluding carboxylic acids is 1. The summed E-state index contributed by atoms with van der Waals surface area (Å²) in [6.07, 6.45) is 5.00. The Hall–Kier alpha value is -1.31. The van der Waals surface area contributed by atoms with Gasteiger partial charge in [0.15, 0.2) is 0 Å². The molecule has 17 heavy (non-hydrogen) atoms. The molecule has 0 unspecified atom stereocenters. The van der Waals surface area contributed by atoms with Crippen molar-refractivity contribution < 1.29 is 4.79 Å². The first kappa shape index (κ1) is 13.8. The maximum absolute atomic E-state index is 11.6. The molecule has 0 bridgehead atoms. The number of amides is 1. The topological polar surface area (TPSA) is 29.1 Å². The standard InChI is InChI=1S/C15H23NO/c1-3-5-6-11-16-15(17)12-14-9-7-13(4-2)8-10-14/h7-10H,3-6,11-12H2,1-2H3,(H,16,17). The largest absolute Gasteiger partial charge is 0.356 e. The molecule has 1 aromatic carbocycles. The zero-order valence-electron chi connectivity index (χ0n) is 11.0. The fourth-order valence-corrected chi connectivity index (χ4v) is 1.74. The van der Waals surface area contributed by atoms with Crippen LogP contribution in [0.3, 0.4) is 0 Å². The summed E-state index contributed by atoms with van der Waals surface area (Å²) in [4.78, 5) is 11.6. The van der Waals surface area contributed by atoms with Gasteiger partial charge >= 0.3 is 0 Å². The van der Waals surface area contributed by atoms with E-state index in [0.29, 0.717) is 6.42 Å². The predicted molar refractivity (Wildman–Crippen MR) is 72.1 cm³/mol. The molecule has 0 aliphatic rings. The third kappa shape index (κ3) is 5.53. The molecular formula is C15H23NO. The van der Waals surface area contributed by atoms with E-state index in [4.69, 9.17) is 0 Å². The van der Waals surface area contributed by atoms with E-state index in [1.54, 1.807) is 0 Å². The van der Waals surface area contributed by atoms with E-state index in [1.165, 1.54) is 18.4 Å². The van der Waals surface area contributed by atoms with Gasteiger partial charge in [-0.1, -0.05) is 51.0 Å². The normalized spacial score (nSPS) is 10.2. The summed E-state index contributed by atoms with van der Waals surface area (Å²) in [7, 11) is 0. The number of hydrogen-bond acceptors (Lipinski definition) is 1. The summed E-state index contributed by atoms with van der Waals surface area (Å²) in [6.45, 7) is 5.10. The number of benzene rings is 1. The van der Waals surface area contributed by atoms with Crippen LogP contribution in [0.15, 0.2) is 24.3 Å². The van der Waals surface area contributed by atoms with Gasteiger partial charge in [0.25, 0.3) is 0 Å². The molecule has 1 amide bonds. The van der Waals surface area contributed by atoms with Crippen LogP contribution < -0.4 is 5.32 Å². The SMILES string of the molecule is CCCCCNC(=O)Cc1ccc(CC)cc1. The molecule has 1 N–H and O–H groups in total. The first-order valence-electron chi connectivity index (χ1n) is 6.60. The second-order valence-electron chi connectivity index (χ2n) is 4.40. The molecule has 0 heterocycles. The number of unbranched alkanes of at least 4 members (excludes halogenated alkanes) is 2. The zero-order chi connectivity index (χ0) is 12.5. The Morgan fingerprint density at radius 1 is 1.06 bits per heavy atom. The van der Waals surface area contributed by atoms with E-state index in [-0.39, 0.29) is 5.91 Å². The monoisotopic (exact) mass is 233 g/mol. The third-order valence-corrected chi connectivity index (χ3v) is 2.90. The molecule has 0 saturated carbocycles. The molecule has 2 nitrogen and oxygen atoms in total. The lowest BCUT2D eigenvalue weighted by Gasteiger charge is -2.05. The van der Waals surface area contributed by atoms with Gasteiger partial charge in [0.05, 0.1) is 6.42 Å². The van der Waals surface area contributed by atoms with Crippen LogP contribution in [-0.4, -0.2) is 12.5 Å². The van der Waals surface area contributed by atoms with Crippen LogP contribution in [-0.2, 0) is 17.6 Å². The minimum Gasteiger partial charge on any atom is -0.356 e. The van der Waals surface area contributed by atoms with E-state index in [9.17, 15) is 4.79 Å². The van der Waals surface area contributed by atoms with Crippen molar-refractivity contribution in [1.29, 1.82) is 0 Å². The van der Waals surface area contributed by atoms with Gasteiger partial charge in [-0.05, 0) is 24.0 Å². The molecule has 0 atom stereocenters. The third-order valence-electron chi connectivity index (χ3n) is 2.90. The van der Waals surface area contributed by atoms with Crippen LogP contribution in [0.5, 0.6) is 0 Å². The molecular weight excluding hydrogens is 210 g/mol. The van der Waals surface area contributed by atoms with Crippen molar-refractivity contribution in [2.45, 2.75) is 46.0 Å². The number of rotatable bonds is 7. The molecule has 1 aromatic rings. The van der Waals surface area contributed by atoms with Gasteiger partial charge in [-0.15, -0.1) is 0 Å². The van der Waals surface area contributed by atoms with Gasteiger partial charge in [0.2, 0.25) is 5.91 Å². The second-order valence-corrected chi connectivity index (χ2v) is 4.40. The highest BCUT2D eigenvalue weighted by Gasteiger charge is 2.02. The van der Waals surface area contributed by atoms with Crippen molar-refractivity contribution >= 4 is 5.91 Å². The summed E-state index contributed by atoms with van der Waals surface area (Å²) >= 11 is 0. The maximum atomic E-state index is 11.6. The van der Waals surface area contributed by atoms with E-state index < -0.39 is 0 Å². The van der Waals surface area contributed by atoms with Gasteiger partial charge in [-0.3, -0.25) is 4.79 Å². The number of hydrogen-bond donors (Lipinski definition) is 1. The van der Waals surface area contributed by atoms with Crippen molar-refractivity contribution in [3.05, 3.63) is 35.4 Å². The lowest BCUT2D eigenvalue weighted by molar-refractivity contribution is -0.120. The van der Waals surface area contributed by atoms with Crippen LogP contribution in [0.1, 0.15) is 44.2 Å². The Morgan fingerprint density at radius 2 is 1.71 bits per heavy atom. The van der Waals surface area contributed by atoms with Crippen molar-refractivity contribution in [3.63, 3.8) is 0 Å². The van der Waals surface area contributed by atoms with Gasteiger partial charge in [-0.25, -0.2) is 0 Å². The molecule has 0 saturated heterocycles. The van der Waals surface area contributed by atoms with Crippen molar-refractivity contribution in [1.82, 2.24) is 5.32 Å². The Kier molecular flexibility index (Phi) is 6.38. The van der Waals surface area contributed by atoms with Gasteiger partial charge < -0.3 is 5.32 Å². The van der Waals surface area contributed by atoms with Crippen LogP contribution in [0.4, 0.5) is 0 Å². The second kappa shape index (κ2) is 7.88. The summed E-state index contributed by atoms with van der Waals surface area (Å²) in [5.74, 6) is 0.130. The Labute approximate surface area is 104 Å².